The van der Waals surface area contributed by atoms with Gasteiger partial charge in [-0.1, -0.05) is 29.8 Å². The Morgan fingerprint density at radius 3 is 2.33 bits per heavy atom. The first-order valence-corrected chi connectivity index (χ1v) is 7.61. The van der Waals surface area contributed by atoms with Gasteiger partial charge in [0.25, 0.3) is 5.91 Å². The standard InChI is InChI=1S/C17H17ClFN3O2/c1-11(14-5-3-4-6-15(14)18)22(2)17(24)21-20-16(23)12-7-9-13(19)10-8-12/h3-11H,1-2H3,(H,20,23)(H,21,24). The number of hydrogen-bond acceptors (Lipinski definition) is 2. The van der Waals surface area contributed by atoms with Crippen molar-refractivity contribution in [2.24, 2.45) is 0 Å². The molecule has 0 bridgehead atoms. The zero-order valence-corrected chi connectivity index (χ0v) is 14.0. The van der Waals surface area contributed by atoms with E-state index < -0.39 is 17.8 Å². The van der Waals surface area contributed by atoms with E-state index in [0.29, 0.717) is 5.02 Å². The minimum absolute atomic E-state index is 0.235. The van der Waals surface area contributed by atoms with Gasteiger partial charge in [-0.05, 0) is 42.8 Å². The van der Waals surface area contributed by atoms with Gasteiger partial charge in [0.15, 0.2) is 0 Å². The molecule has 0 heterocycles. The number of nitrogens with zero attached hydrogens (tertiary/aromatic N) is 1. The van der Waals surface area contributed by atoms with Gasteiger partial charge in [-0.2, -0.15) is 0 Å². The lowest BCUT2D eigenvalue weighted by atomic mass is 10.1. The van der Waals surface area contributed by atoms with Gasteiger partial charge < -0.3 is 4.90 Å². The molecule has 1 unspecified atom stereocenters. The molecule has 0 saturated heterocycles. The molecule has 24 heavy (non-hydrogen) atoms. The van der Waals surface area contributed by atoms with Crippen molar-refractivity contribution in [2.45, 2.75) is 13.0 Å². The first kappa shape index (κ1) is 17.7. The van der Waals surface area contributed by atoms with Crippen molar-refractivity contribution >= 4 is 23.5 Å². The highest BCUT2D eigenvalue weighted by molar-refractivity contribution is 6.31. The van der Waals surface area contributed by atoms with E-state index in [0.717, 1.165) is 5.56 Å². The fraction of sp³-hybridized carbons (Fsp3) is 0.176. The zero-order chi connectivity index (χ0) is 17.7. The van der Waals surface area contributed by atoms with E-state index in [1.54, 1.807) is 13.1 Å². The fourth-order valence-electron chi connectivity index (χ4n) is 2.07. The SMILES string of the molecule is CC(c1ccccc1Cl)N(C)C(=O)NNC(=O)c1ccc(F)cc1. The van der Waals surface area contributed by atoms with Crippen molar-refractivity contribution in [3.63, 3.8) is 0 Å². The second kappa shape index (κ2) is 7.79. The third-order valence-electron chi connectivity index (χ3n) is 3.65. The van der Waals surface area contributed by atoms with Crippen LogP contribution in [-0.4, -0.2) is 23.9 Å². The summed E-state index contributed by atoms with van der Waals surface area (Å²) in [5.41, 5.74) is 5.63. The molecule has 0 aromatic heterocycles. The number of carbonyl (C=O) groups excluding carboxylic acids is 2. The van der Waals surface area contributed by atoms with E-state index in [1.807, 2.05) is 25.1 Å². The van der Waals surface area contributed by atoms with E-state index >= 15 is 0 Å². The lowest BCUT2D eigenvalue weighted by Gasteiger charge is -2.26. The van der Waals surface area contributed by atoms with Crippen LogP contribution in [0.4, 0.5) is 9.18 Å². The highest BCUT2D eigenvalue weighted by Crippen LogP contribution is 2.25. The Labute approximate surface area is 144 Å². The number of hydrogen-bond donors (Lipinski definition) is 2. The number of halogens is 2. The topological polar surface area (TPSA) is 61.4 Å². The molecule has 0 radical (unpaired) electrons. The van der Waals surface area contributed by atoms with E-state index in [4.69, 9.17) is 11.6 Å². The van der Waals surface area contributed by atoms with Crippen molar-refractivity contribution in [1.82, 2.24) is 15.8 Å². The fourth-order valence-corrected chi connectivity index (χ4v) is 2.36. The Bertz CT molecular complexity index is 737. The Hall–Kier alpha value is -2.60. The van der Waals surface area contributed by atoms with E-state index in [1.165, 1.54) is 29.2 Å². The molecule has 0 aliphatic rings. The average Bonchev–Trinajstić information content (AvgIpc) is 2.59. The van der Waals surface area contributed by atoms with Crippen LogP contribution in [-0.2, 0) is 0 Å². The van der Waals surface area contributed by atoms with Gasteiger partial charge in [0.2, 0.25) is 0 Å². The van der Waals surface area contributed by atoms with Crippen LogP contribution in [0.5, 0.6) is 0 Å². The van der Waals surface area contributed by atoms with Crippen LogP contribution < -0.4 is 10.9 Å². The Morgan fingerprint density at radius 1 is 1.08 bits per heavy atom. The quantitative estimate of drug-likeness (QED) is 0.833. The largest absolute Gasteiger partial charge is 0.336 e. The van der Waals surface area contributed by atoms with Gasteiger partial charge in [-0.3, -0.25) is 10.2 Å². The van der Waals surface area contributed by atoms with Crippen molar-refractivity contribution in [3.05, 3.63) is 70.5 Å². The first-order valence-electron chi connectivity index (χ1n) is 7.23. The molecule has 7 heteroatoms. The summed E-state index contributed by atoms with van der Waals surface area (Å²) in [4.78, 5) is 25.5. The van der Waals surface area contributed by atoms with Crippen LogP contribution >= 0.6 is 11.6 Å². The van der Waals surface area contributed by atoms with Crippen molar-refractivity contribution in [3.8, 4) is 0 Å². The molecule has 0 aliphatic heterocycles. The highest BCUT2D eigenvalue weighted by Gasteiger charge is 2.19. The van der Waals surface area contributed by atoms with Gasteiger partial charge in [0.1, 0.15) is 5.82 Å². The molecule has 2 aromatic carbocycles. The molecule has 1 atom stereocenters. The molecule has 0 saturated carbocycles. The number of nitrogens with one attached hydrogen (secondary N) is 2. The summed E-state index contributed by atoms with van der Waals surface area (Å²) in [6.07, 6.45) is 0. The van der Waals surface area contributed by atoms with Crippen molar-refractivity contribution < 1.29 is 14.0 Å². The third-order valence-corrected chi connectivity index (χ3v) is 3.99. The molecule has 2 aromatic rings. The van der Waals surface area contributed by atoms with Crippen LogP contribution in [0.3, 0.4) is 0 Å². The molecule has 2 N–H and O–H groups in total. The lowest BCUT2D eigenvalue weighted by molar-refractivity contribution is 0.0929. The Morgan fingerprint density at radius 2 is 1.71 bits per heavy atom. The normalized spacial score (nSPS) is 11.5. The van der Waals surface area contributed by atoms with E-state index in [9.17, 15) is 14.0 Å². The molecule has 126 valence electrons. The summed E-state index contributed by atoms with van der Waals surface area (Å²) < 4.78 is 12.8. The minimum atomic E-state index is -0.540. The van der Waals surface area contributed by atoms with Crippen LogP contribution in [0.25, 0.3) is 0 Å². The predicted molar refractivity (Wildman–Crippen MR) is 90.0 cm³/mol. The van der Waals surface area contributed by atoms with Gasteiger partial charge in [-0.15, -0.1) is 0 Å². The number of carbonyl (C=O) groups is 2. The lowest BCUT2D eigenvalue weighted by Crippen LogP contribution is -2.48. The zero-order valence-electron chi connectivity index (χ0n) is 13.2. The molecule has 0 spiro atoms. The maximum Gasteiger partial charge on any atom is 0.336 e. The number of benzene rings is 2. The average molecular weight is 350 g/mol. The Balaban J connectivity index is 1.95. The van der Waals surface area contributed by atoms with Gasteiger partial charge in [0.05, 0.1) is 6.04 Å². The van der Waals surface area contributed by atoms with Crippen LogP contribution in [0.1, 0.15) is 28.9 Å². The van der Waals surface area contributed by atoms with E-state index in [-0.39, 0.29) is 11.6 Å². The summed E-state index contributed by atoms with van der Waals surface area (Å²) >= 11 is 6.13. The molecular weight excluding hydrogens is 333 g/mol. The smallest absolute Gasteiger partial charge is 0.320 e. The second-order valence-corrected chi connectivity index (χ2v) is 5.61. The number of rotatable bonds is 3. The van der Waals surface area contributed by atoms with Gasteiger partial charge >= 0.3 is 6.03 Å². The van der Waals surface area contributed by atoms with Gasteiger partial charge in [-0.25, -0.2) is 14.6 Å². The predicted octanol–water partition coefficient (Wildman–Crippen LogP) is 3.53. The monoisotopic (exact) mass is 349 g/mol. The van der Waals surface area contributed by atoms with E-state index in [2.05, 4.69) is 10.9 Å². The van der Waals surface area contributed by atoms with Crippen molar-refractivity contribution in [1.29, 1.82) is 0 Å². The molecular formula is C17H17ClFN3O2. The molecule has 0 fully saturated rings. The Kier molecular flexibility index (Phi) is 5.76. The first-order chi connectivity index (χ1) is 11.4. The van der Waals surface area contributed by atoms with Crippen molar-refractivity contribution in [2.75, 3.05) is 7.05 Å². The van der Waals surface area contributed by atoms with Crippen LogP contribution in [0, 0.1) is 5.82 Å². The highest BCUT2D eigenvalue weighted by atomic mass is 35.5. The number of hydrazine groups is 1. The summed E-state index contributed by atoms with van der Waals surface area (Å²) in [5.74, 6) is -0.981. The number of amides is 3. The van der Waals surface area contributed by atoms with Gasteiger partial charge in [0, 0.05) is 17.6 Å². The third kappa shape index (κ3) is 4.23. The summed E-state index contributed by atoms with van der Waals surface area (Å²) in [5, 5.41) is 0.556. The maximum absolute atomic E-state index is 12.8. The summed E-state index contributed by atoms with van der Waals surface area (Å²) in [7, 11) is 1.59. The maximum atomic E-state index is 12.8. The van der Waals surface area contributed by atoms with Crippen LogP contribution in [0.2, 0.25) is 5.02 Å². The molecule has 0 aliphatic carbocycles. The van der Waals surface area contributed by atoms with Crippen LogP contribution in [0.15, 0.2) is 48.5 Å². The second-order valence-electron chi connectivity index (χ2n) is 5.20. The summed E-state index contributed by atoms with van der Waals surface area (Å²) in [6.45, 7) is 1.82. The molecule has 2 rings (SSSR count). The number of urea groups is 1. The molecule has 3 amide bonds. The molecule has 5 nitrogen and oxygen atoms in total. The minimum Gasteiger partial charge on any atom is -0.320 e. The summed E-state index contributed by atoms with van der Waals surface area (Å²) in [6, 6.07) is 11.4.